The molecule has 0 aromatic rings. The van der Waals surface area contributed by atoms with E-state index in [-0.39, 0.29) is 37.1 Å². The third-order valence-corrected chi connectivity index (χ3v) is 2.65. The Kier molecular flexibility index (Phi) is 8.75. The van der Waals surface area contributed by atoms with Crippen molar-refractivity contribution >= 4 is 23.7 Å². The highest BCUT2D eigenvalue weighted by atomic mass is 16.4. The minimum absolute atomic E-state index is 0.0314. The minimum atomic E-state index is -1.10. The SMILES string of the molecule is CC(=O)NCCNC(=O)CCC(=O)N[C@H](C(=O)O)C(C)C. The summed E-state index contributed by atoms with van der Waals surface area (Å²) >= 11 is 0. The van der Waals surface area contributed by atoms with Crippen LogP contribution in [0.25, 0.3) is 0 Å². The zero-order valence-electron chi connectivity index (χ0n) is 12.6. The number of carboxylic acids is 1. The van der Waals surface area contributed by atoms with Gasteiger partial charge in [-0.1, -0.05) is 13.8 Å². The standard InChI is InChI=1S/C13H23N3O5/c1-8(2)12(13(20)21)16-11(19)5-4-10(18)15-7-6-14-9(3)17/h8,12H,4-7H2,1-3H3,(H,14,17)(H,15,18)(H,16,19)(H,20,21)/t12-/m0/s1. The molecule has 0 saturated carbocycles. The molecule has 0 rings (SSSR count). The summed E-state index contributed by atoms with van der Waals surface area (Å²) in [5.74, 6) is -2.33. The summed E-state index contributed by atoms with van der Waals surface area (Å²) in [5, 5.41) is 16.4. The van der Waals surface area contributed by atoms with Crippen molar-refractivity contribution in [1.29, 1.82) is 0 Å². The Morgan fingerprint density at radius 2 is 1.48 bits per heavy atom. The van der Waals surface area contributed by atoms with Gasteiger partial charge >= 0.3 is 5.97 Å². The fourth-order valence-corrected chi connectivity index (χ4v) is 1.52. The molecule has 3 amide bonds. The second kappa shape index (κ2) is 9.73. The molecule has 0 aliphatic carbocycles. The Bertz CT molecular complexity index is 395. The third kappa shape index (κ3) is 9.42. The minimum Gasteiger partial charge on any atom is -0.480 e. The molecule has 0 aliphatic rings. The Morgan fingerprint density at radius 3 is 1.95 bits per heavy atom. The van der Waals surface area contributed by atoms with E-state index in [2.05, 4.69) is 16.0 Å². The fourth-order valence-electron chi connectivity index (χ4n) is 1.52. The van der Waals surface area contributed by atoms with E-state index in [1.54, 1.807) is 13.8 Å². The van der Waals surface area contributed by atoms with Crippen molar-refractivity contribution in [3.8, 4) is 0 Å². The molecule has 0 fully saturated rings. The molecule has 8 nitrogen and oxygen atoms in total. The summed E-state index contributed by atoms with van der Waals surface area (Å²) in [4.78, 5) is 44.5. The van der Waals surface area contributed by atoms with Crippen LogP contribution in [0.1, 0.15) is 33.6 Å². The van der Waals surface area contributed by atoms with Crippen LogP contribution in [-0.2, 0) is 19.2 Å². The Balaban J connectivity index is 3.94. The lowest BCUT2D eigenvalue weighted by atomic mass is 10.0. The van der Waals surface area contributed by atoms with Crippen molar-refractivity contribution < 1.29 is 24.3 Å². The van der Waals surface area contributed by atoms with Crippen LogP contribution in [0.2, 0.25) is 0 Å². The van der Waals surface area contributed by atoms with Gasteiger partial charge in [0.05, 0.1) is 0 Å². The van der Waals surface area contributed by atoms with Crippen LogP contribution in [0.15, 0.2) is 0 Å². The summed E-state index contributed by atoms with van der Waals surface area (Å²) in [5.41, 5.74) is 0. The van der Waals surface area contributed by atoms with Gasteiger partial charge < -0.3 is 21.1 Å². The van der Waals surface area contributed by atoms with Gasteiger partial charge in [-0.2, -0.15) is 0 Å². The van der Waals surface area contributed by atoms with Gasteiger partial charge in [0.2, 0.25) is 17.7 Å². The summed E-state index contributed by atoms with van der Waals surface area (Å²) in [6, 6.07) is -0.958. The first-order chi connectivity index (χ1) is 9.73. The van der Waals surface area contributed by atoms with Crippen LogP contribution in [0, 0.1) is 5.92 Å². The van der Waals surface area contributed by atoms with E-state index in [9.17, 15) is 19.2 Å². The molecule has 1 atom stereocenters. The monoisotopic (exact) mass is 301 g/mol. The second-order valence-corrected chi connectivity index (χ2v) is 4.96. The number of hydrogen-bond acceptors (Lipinski definition) is 4. The van der Waals surface area contributed by atoms with E-state index in [0.29, 0.717) is 6.54 Å². The molecule has 0 spiro atoms. The van der Waals surface area contributed by atoms with Crippen LogP contribution in [0.4, 0.5) is 0 Å². The van der Waals surface area contributed by atoms with Crippen molar-refractivity contribution in [3.63, 3.8) is 0 Å². The average Bonchev–Trinajstić information content (AvgIpc) is 2.37. The number of nitrogens with one attached hydrogen (secondary N) is 3. The van der Waals surface area contributed by atoms with Gasteiger partial charge in [0.1, 0.15) is 6.04 Å². The number of carbonyl (C=O) groups is 4. The highest BCUT2D eigenvalue weighted by Gasteiger charge is 2.23. The van der Waals surface area contributed by atoms with Crippen LogP contribution in [0.3, 0.4) is 0 Å². The third-order valence-electron chi connectivity index (χ3n) is 2.65. The first kappa shape index (κ1) is 18.9. The quantitative estimate of drug-likeness (QED) is 0.417. The number of amides is 3. The van der Waals surface area contributed by atoms with E-state index >= 15 is 0 Å². The zero-order chi connectivity index (χ0) is 16.4. The fraction of sp³-hybridized carbons (Fsp3) is 0.692. The molecule has 0 aromatic heterocycles. The van der Waals surface area contributed by atoms with E-state index in [1.165, 1.54) is 6.92 Å². The maximum atomic E-state index is 11.6. The number of carboxylic acid groups (broad SMARTS) is 1. The summed E-state index contributed by atoms with van der Waals surface area (Å²) in [6.07, 6.45) is -0.112. The maximum absolute atomic E-state index is 11.6. The Morgan fingerprint density at radius 1 is 0.952 bits per heavy atom. The van der Waals surface area contributed by atoms with Gasteiger partial charge in [-0.15, -0.1) is 0 Å². The zero-order valence-corrected chi connectivity index (χ0v) is 12.6. The topological polar surface area (TPSA) is 125 Å². The highest BCUT2D eigenvalue weighted by molar-refractivity contribution is 5.87. The van der Waals surface area contributed by atoms with Crippen LogP contribution < -0.4 is 16.0 Å². The number of hydrogen-bond donors (Lipinski definition) is 4. The van der Waals surface area contributed by atoms with Crippen molar-refractivity contribution in [2.75, 3.05) is 13.1 Å². The van der Waals surface area contributed by atoms with E-state index in [4.69, 9.17) is 5.11 Å². The molecule has 4 N–H and O–H groups in total. The van der Waals surface area contributed by atoms with Crippen LogP contribution in [-0.4, -0.2) is 47.9 Å². The van der Waals surface area contributed by atoms with Crippen molar-refractivity contribution in [2.45, 2.75) is 39.7 Å². The summed E-state index contributed by atoms with van der Waals surface area (Å²) in [7, 11) is 0. The van der Waals surface area contributed by atoms with Crippen LogP contribution in [0.5, 0.6) is 0 Å². The maximum Gasteiger partial charge on any atom is 0.326 e. The van der Waals surface area contributed by atoms with Crippen molar-refractivity contribution in [1.82, 2.24) is 16.0 Å². The molecule has 0 radical (unpaired) electrons. The molecule has 21 heavy (non-hydrogen) atoms. The van der Waals surface area contributed by atoms with E-state index in [0.717, 1.165) is 0 Å². The lowest BCUT2D eigenvalue weighted by Crippen LogP contribution is -2.44. The molecule has 0 bridgehead atoms. The predicted octanol–water partition coefficient (Wildman–Crippen LogP) is -0.756. The lowest BCUT2D eigenvalue weighted by Gasteiger charge is -2.17. The van der Waals surface area contributed by atoms with Gasteiger partial charge in [-0.05, 0) is 5.92 Å². The largest absolute Gasteiger partial charge is 0.480 e. The molecule has 0 aliphatic heterocycles. The van der Waals surface area contributed by atoms with Gasteiger partial charge in [0.25, 0.3) is 0 Å². The number of aliphatic carboxylic acids is 1. The van der Waals surface area contributed by atoms with Crippen LogP contribution >= 0.6 is 0 Å². The van der Waals surface area contributed by atoms with E-state index in [1.807, 2.05) is 0 Å². The Labute approximate surface area is 123 Å². The van der Waals surface area contributed by atoms with E-state index < -0.39 is 17.9 Å². The normalized spacial score (nSPS) is 11.6. The highest BCUT2D eigenvalue weighted by Crippen LogP contribution is 2.02. The van der Waals surface area contributed by atoms with Gasteiger partial charge in [0.15, 0.2) is 0 Å². The first-order valence-corrected chi connectivity index (χ1v) is 6.77. The average molecular weight is 301 g/mol. The molecular weight excluding hydrogens is 278 g/mol. The smallest absolute Gasteiger partial charge is 0.326 e. The molecular formula is C13H23N3O5. The Hall–Kier alpha value is -2.12. The second-order valence-electron chi connectivity index (χ2n) is 4.96. The first-order valence-electron chi connectivity index (χ1n) is 6.77. The predicted molar refractivity (Wildman–Crippen MR) is 75.3 cm³/mol. The molecule has 120 valence electrons. The van der Waals surface area contributed by atoms with Crippen molar-refractivity contribution in [3.05, 3.63) is 0 Å². The number of rotatable bonds is 9. The van der Waals surface area contributed by atoms with Gasteiger partial charge in [0, 0.05) is 32.9 Å². The summed E-state index contributed by atoms with van der Waals surface area (Å²) in [6.45, 7) is 5.35. The molecule has 0 unspecified atom stereocenters. The van der Waals surface area contributed by atoms with Crippen molar-refractivity contribution in [2.24, 2.45) is 5.92 Å². The van der Waals surface area contributed by atoms with Gasteiger partial charge in [-0.3, -0.25) is 14.4 Å². The molecule has 0 heterocycles. The molecule has 0 aromatic carbocycles. The number of carbonyl (C=O) groups excluding carboxylic acids is 3. The molecule has 8 heteroatoms. The summed E-state index contributed by atoms with van der Waals surface area (Å²) < 4.78 is 0. The van der Waals surface area contributed by atoms with Gasteiger partial charge in [-0.25, -0.2) is 4.79 Å². The molecule has 0 saturated heterocycles. The lowest BCUT2D eigenvalue weighted by molar-refractivity contribution is -0.143.